The van der Waals surface area contributed by atoms with Gasteiger partial charge in [-0.25, -0.2) is 0 Å². The van der Waals surface area contributed by atoms with Gasteiger partial charge in [-0.3, -0.25) is 0 Å². The molecule has 1 atom stereocenters. The first-order valence-corrected chi connectivity index (χ1v) is 5.91. The Hall–Kier alpha value is -0.630. The minimum atomic E-state index is 0.174. The predicted molar refractivity (Wildman–Crippen MR) is 67.6 cm³/mol. The maximum absolute atomic E-state index is 9.79. The SMILES string of the molecule is CCCC([S])c1cc(C)c(O)c(C)c1C. The summed E-state index contributed by atoms with van der Waals surface area (Å²) in [6.45, 7) is 8.07. The van der Waals surface area contributed by atoms with Crippen molar-refractivity contribution in [2.24, 2.45) is 0 Å². The van der Waals surface area contributed by atoms with Gasteiger partial charge in [-0.05, 0) is 49.4 Å². The van der Waals surface area contributed by atoms with E-state index in [0.717, 1.165) is 29.5 Å². The summed E-state index contributed by atoms with van der Waals surface area (Å²) in [5, 5.41) is 9.96. The molecule has 1 rings (SSSR count). The lowest BCUT2D eigenvalue weighted by Crippen LogP contribution is -1.98. The van der Waals surface area contributed by atoms with E-state index in [1.54, 1.807) is 0 Å². The topological polar surface area (TPSA) is 20.2 Å². The van der Waals surface area contributed by atoms with Crippen LogP contribution in [0.2, 0.25) is 0 Å². The summed E-state index contributed by atoms with van der Waals surface area (Å²) in [5.41, 5.74) is 4.25. The van der Waals surface area contributed by atoms with Crippen LogP contribution in [0.25, 0.3) is 0 Å². The number of hydrogen-bond donors (Lipinski definition) is 1. The first-order valence-electron chi connectivity index (χ1n) is 5.44. The fourth-order valence-corrected chi connectivity index (χ4v) is 2.33. The van der Waals surface area contributed by atoms with Gasteiger partial charge in [0.1, 0.15) is 5.75 Å². The third kappa shape index (κ3) is 2.49. The summed E-state index contributed by atoms with van der Waals surface area (Å²) in [6, 6.07) is 2.03. The van der Waals surface area contributed by atoms with Gasteiger partial charge >= 0.3 is 0 Å². The highest BCUT2D eigenvalue weighted by Gasteiger charge is 2.14. The largest absolute Gasteiger partial charge is 0.507 e. The smallest absolute Gasteiger partial charge is 0.121 e. The van der Waals surface area contributed by atoms with Gasteiger partial charge in [0.25, 0.3) is 0 Å². The Bertz CT molecular complexity index is 358. The van der Waals surface area contributed by atoms with Crippen molar-refractivity contribution in [1.82, 2.24) is 0 Å². The Morgan fingerprint density at radius 2 is 1.87 bits per heavy atom. The summed E-state index contributed by atoms with van der Waals surface area (Å²) in [4.78, 5) is 0. The van der Waals surface area contributed by atoms with Crippen molar-refractivity contribution in [3.63, 3.8) is 0 Å². The number of benzene rings is 1. The third-order valence-electron chi connectivity index (χ3n) is 2.99. The molecule has 1 aromatic rings. The minimum absolute atomic E-state index is 0.174. The minimum Gasteiger partial charge on any atom is -0.507 e. The van der Waals surface area contributed by atoms with E-state index in [1.807, 2.05) is 26.8 Å². The van der Waals surface area contributed by atoms with E-state index in [0.29, 0.717) is 5.75 Å². The van der Waals surface area contributed by atoms with Crippen LogP contribution < -0.4 is 0 Å². The van der Waals surface area contributed by atoms with Gasteiger partial charge in [0, 0.05) is 5.25 Å². The highest BCUT2D eigenvalue weighted by molar-refractivity contribution is 7.80. The first kappa shape index (κ1) is 12.4. The molecule has 1 aromatic carbocycles. The summed E-state index contributed by atoms with van der Waals surface area (Å²) in [7, 11) is 0. The van der Waals surface area contributed by atoms with E-state index >= 15 is 0 Å². The Balaban J connectivity index is 3.19. The molecular formula is C13H19OS. The van der Waals surface area contributed by atoms with E-state index in [4.69, 9.17) is 12.6 Å². The van der Waals surface area contributed by atoms with Gasteiger partial charge in [0.15, 0.2) is 0 Å². The summed E-state index contributed by atoms with van der Waals surface area (Å²) in [6.07, 6.45) is 2.13. The van der Waals surface area contributed by atoms with Gasteiger partial charge < -0.3 is 5.11 Å². The lowest BCUT2D eigenvalue weighted by atomic mass is 9.95. The molecule has 0 heterocycles. The normalized spacial score (nSPS) is 12.9. The van der Waals surface area contributed by atoms with Crippen molar-refractivity contribution >= 4 is 12.6 Å². The van der Waals surface area contributed by atoms with Crippen molar-refractivity contribution in [2.45, 2.75) is 45.8 Å². The van der Waals surface area contributed by atoms with E-state index in [1.165, 1.54) is 5.56 Å². The number of aryl methyl sites for hydroxylation is 1. The van der Waals surface area contributed by atoms with Crippen LogP contribution in [0.5, 0.6) is 5.75 Å². The van der Waals surface area contributed by atoms with Crippen LogP contribution in [0, 0.1) is 20.8 Å². The lowest BCUT2D eigenvalue weighted by molar-refractivity contribution is 0.466. The number of aromatic hydroxyl groups is 1. The van der Waals surface area contributed by atoms with Crippen LogP contribution in [0.4, 0.5) is 0 Å². The molecule has 0 saturated carbocycles. The molecule has 0 aliphatic heterocycles. The monoisotopic (exact) mass is 223 g/mol. The lowest BCUT2D eigenvalue weighted by Gasteiger charge is -2.17. The van der Waals surface area contributed by atoms with Gasteiger partial charge in [-0.1, -0.05) is 32.0 Å². The maximum atomic E-state index is 9.79. The molecule has 0 spiro atoms. The number of rotatable bonds is 3. The number of phenols is 1. The Kier molecular flexibility index (Phi) is 4.09. The second-order valence-electron chi connectivity index (χ2n) is 4.16. The molecule has 0 bridgehead atoms. The van der Waals surface area contributed by atoms with Crippen LogP contribution in [0.1, 0.15) is 47.3 Å². The Morgan fingerprint density at radius 1 is 1.27 bits per heavy atom. The second-order valence-corrected chi connectivity index (χ2v) is 4.73. The van der Waals surface area contributed by atoms with E-state index in [-0.39, 0.29) is 5.25 Å². The fraction of sp³-hybridized carbons (Fsp3) is 0.538. The molecule has 0 aliphatic carbocycles. The van der Waals surface area contributed by atoms with Gasteiger partial charge in [-0.2, -0.15) is 0 Å². The van der Waals surface area contributed by atoms with Crippen molar-refractivity contribution in [1.29, 1.82) is 0 Å². The molecule has 1 nitrogen and oxygen atoms in total. The van der Waals surface area contributed by atoms with E-state index < -0.39 is 0 Å². The third-order valence-corrected chi connectivity index (χ3v) is 3.48. The molecule has 1 unspecified atom stereocenters. The standard InChI is InChI=1S/C13H19OS/c1-5-6-12(15)11-7-8(2)13(14)10(4)9(11)3/h7,12,14H,5-6H2,1-4H3. The van der Waals surface area contributed by atoms with Crippen molar-refractivity contribution in [3.8, 4) is 5.75 Å². The van der Waals surface area contributed by atoms with Gasteiger partial charge in [0.2, 0.25) is 0 Å². The Labute approximate surface area is 97.9 Å². The molecule has 0 fully saturated rings. The van der Waals surface area contributed by atoms with Crippen LogP contribution in [-0.2, 0) is 0 Å². The van der Waals surface area contributed by atoms with Gasteiger partial charge in [0.05, 0.1) is 0 Å². The molecule has 0 saturated heterocycles. The highest BCUT2D eigenvalue weighted by atomic mass is 32.1. The summed E-state index contributed by atoms with van der Waals surface area (Å²) >= 11 is 5.47. The average molecular weight is 223 g/mol. The number of hydrogen-bond acceptors (Lipinski definition) is 1. The number of phenolic OH excluding ortho intramolecular Hbond substituents is 1. The average Bonchev–Trinajstić information content (AvgIpc) is 2.20. The van der Waals surface area contributed by atoms with E-state index in [9.17, 15) is 5.11 Å². The van der Waals surface area contributed by atoms with Crippen molar-refractivity contribution < 1.29 is 5.11 Å². The summed E-state index contributed by atoms with van der Waals surface area (Å²) in [5.74, 6) is 0.412. The first-order chi connectivity index (χ1) is 6.99. The van der Waals surface area contributed by atoms with E-state index in [2.05, 4.69) is 6.92 Å². The zero-order chi connectivity index (χ0) is 11.6. The molecule has 0 aliphatic rings. The molecule has 1 radical (unpaired) electrons. The van der Waals surface area contributed by atoms with Crippen molar-refractivity contribution in [3.05, 3.63) is 28.3 Å². The predicted octanol–water partition coefficient (Wildman–Crippen LogP) is 4.36. The molecular weight excluding hydrogens is 204 g/mol. The summed E-state index contributed by atoms with van der Waals surface area (Å²) < 4.78 is 0. The maximum Gasteiger partial charge on any atom is 0.121 e. The van der Waals surface area contributed by atoms with Crippen LogP contribution in [0.3, 0.4) is 0 Å². The highest BCUT2D eigenvalue weighted by Crippen LogP contribution is 2.34. The quantitative estimate of drug-likeness (QED) is 0.807. The molecule has 0 aromatic heterocycles. The van der Waals surface area contributed by atoms with Gasteiger partial charge in [-0.15, -0.1) is 0 Å². The second kappa shape index (κ2) is 4.93. The van der Waals surface area contributed by atoms with Crippen molar-refractivity contribution in [2.75, 3.05) is 0 Å². The fourth-order valence-electron chi connectivity index (χ4n) is 1.85. The zero-order valence-corrected chi connectivity index (χ0v) is 10.7. The van der Waals surface area contributed by atoms with Crippen LogP contribution in [0.15, 0.2) is 6.07 Å². The molecule has 2 heteroatoms. The zero-order valence-electron chi connectivity index (χ0n) is 9.92. The van der Waals surface area contributed by atoms with Crippen LogP contribution >= 0.6 is 12.6 Å². The molecule has 83 valence electrons. The Morgan fingerprint density at radius 3 is 2.40 bits per heavy atom. The molecule has 1 N–H and O–H groups in total. The molecule has 15 heavy (non-hydrogen) atoms. The van der Waals surface area contributed by atoms with Crippen LogP contribution in [-0.4, -0.2) is 5.11 Å². The molecule has 0 amide bonds.